The van der Waals surface area contributed by atoms with Crippen molar-refractivity contribution >= 4 is 21.4 Å². The van der Waals surface area contributed by atoms with Gasteiger partial charge in [-0.05, 0) is 19.4 Å². The zero-order chi connectivity index (χ0) is 14.0. The van der Waals surface area contributed by atoms with Crippen LogP contribution in [0.25, 0.3) is 0 Å². The molecule has 0 bridgehead atoms. The molecule has 2 aromatic heterocycles. The monoisotopic (exact) mass is 302 g/mol. The summed E-state index contributed by atoms with van der Waals surface area (Å²) < 4.78 is 28.1. The number of aromatic amines is 1. The number of nitrogens with zero attached hydrogens (tertiary/aromatic N) is 2. The van der Waals surface area contributed by atoms with Gasteiger partial charge in [0.05, 0.1) is 12.7 Å². The molecule has 0 fully saturated rings. The number of nitrogens with one attached hydrogen (secondary N) is 2. The fourth-order valence-electron chi connectivity index (χ4n) is 1.60. The second-order valence-electron chi connectivity index (χ2n) is 4.11. The van der Waals surface area contributed by atoms with Crippen LogP contribution in [0.4, 0.5) is 0 Å². The normalized spacial score (nSPS) is 11.9. The lowest BCUT2D eigenvalue weighted by atomic mass is 10.4. The van der Waals surface area contributed by atoms with Crippen LogP contribution in [0, 0.1) is 13.8 Å². The predicted molar refractivity (Wildman–Crippen MR) is 71.8 cm³/mol. The molecule has 0 aliphatic carbocycles. The summed E-state index contributed by atoms with van der Waals surface area (Å²) in [6.07, 6.45) is 3.53. The van der Waals surface area contributed by atoms with E-state index in [1.807, 2.05) is 13.1 Å². The molecular formula is C10H14N4O3S2. The Balaban J connectivity index is 2.02. The third-order valence-electron chi connectivity index (χ3n) is 2.42. The Kier molecular flexibility index (Phi) is 3.88. The van der Waals surface area contributed by atoms with Crippen molar-refractivity contribution in [3.63, 3.8) is 0 Å². The summed E-state index contributed by atoms with van der Waals surface area (Å²) in [5.74, 6) is 0. The lowest BCUT2D eigenvalue weighted by Crippen LogP contribution is -2.27. The Hall–Kier alpha value is -1.45. The first kappa shape index (κ1) is 14.0. The van der Waals surface area contributed by atoms with Crippen LogP contribution in [0.15, 0.2) is 21.4 Å². The number of hydrogen-bond acceptors (Lipinski definition) is 5. The van der Waals surface area contributed by atoms with Crippen LogP contribution in [0.3, 0.4) is 0 Å². The molecule has 0 radical (unpaired) electrons. The number of hydrogen-bond donors (Lipinski definition) is 2. The highest BCUT2D eigenvalue weighted by molar-refractivity contribution is 7.91. The summed E-state index contributed by atoms with van der Waals surface area (Å²) in [7, 11) is -3.64. The molecule has 7 nitrogen and oxygen atoms in total. The van der Waals surface area contributed by atoms with Gasteiger partial charge in [0, 0.05) is 18.4 Å². The van der Waals surface area contributed by atoms with Crippen LogP contribution in [0.5, 0.6) is 0 Å². The zero-order valence-electron chi connectivity index (χ0n) is 10.5. The molecule has 0 aliphatic rings. The molecule has 0 saturated carbocycles. The number of sulfonamides is 1. The van der Waals surface area contributed by atoms with E-state index in [4.69, 9.17) is 0 Å². The third kappa shape index (κ3) is 3.31. The van der Waals surface area contributed by atoms with Gasteiger partial charge in [0.1, 0.15) is 0 Å². The minimum absolute atomic E-state index is 0.0362. The summed E-state index contributed by atoms with van der Waals surface area (Å²) in [5.41, 5.74) is 1.37. The van der Waals surface area contributed by atoms with E-state index in [1.165, 1.54) is 0 Å². The molecule has 0 atom stereocenters. The van der Waals surface area contributed by atoms with Gasteiger partial charge in [0.25, 0.3) is 10.0 Å². The van der Waals surface area contributed by atoms with E-state index >= 15 is 0 Å². The predicted octanol–water partition coefficient (Wildman–Crippen LogP) is 0.228. The zero-order valence-corrected chi connectivity index (χ0v) is 12.1. The summed E-state index contributed by atoms with van der Waals surface area (Å²) >= 11 is 0.688. The lowest BCUT2D eigenvalue weighted by molar-refractivity contribution is 0.562. The average Bonchev–Trinajstić information content (AvgIpc) is 2.85. The van der Waals surface area contributed by atoms with E-state index in [0.29, 0.717) is 23.6 Å². The van der Waals surface area contributed by atoms with Crippen molar-refractivity contribution < 1.29 is 8.42 Å². The maximum atomic E-state index is 12.0. The Morgan fingerprint density at radius 1 is 1.47 bits per heavy atom. The van der Waals surface area contributed by atoms with Crippen molar-refractivity contribution in [3.05, 3.63) is 33.3 Å². The van der Waals surface area contributed by atoms with E-state index < -0.39 is 10.0 Å². The Bertz CT molecular complexity index is 726. The molecule has 0 saturated heterocycles. The number of rotatable bonds is 5. The Labute approximate surface area is 114 Å². The fraction of sp³-hybridized carbons (Fsp3) is 0.400. The van der Waals surface area contributed by atoms with Crippen molar-refractivity contribution in [1.29, 1.82) is 0 Å². The summed E-state index contributed by atoms with van der Waals surface area (Å²) in [6, 6.07) is 0. The van der Waals surface area contributed by atoms with Crippen LogP contribution in [0.2, 0.25) is 0 Å². The molecular weight excluding hydrogens is 288 g/mol. The van der Waals surface area contributed by atoms with E-state index in [-0.39, 0.29) is 15.6 Å². The molecule has 0 amide bonds. The SMILES string of the molecule is Cc1cnn(CCNS(=O)(=O)c2sc(=O)[nH]c2C)c1. The molecule has 2 aromatic rings. The molecule has 0 aliphatic heterocycles. The topological polar surface area (TPSA) is 96.8 Å². The Morgan fingerprint density at radius 2 is 2.21 bits per heavy atom. The van der Waals surface area contributed by atoms with Crippen molar-refractivity contribution in [2.45, 2.75) is 24.6 Å². The van der Waals surface area contributed by atoms with Crippen molar-refractivity contribution in [2.75, 3.05) is 6.54 Å². The first-order valence-electron chi connectivity index (χ1n) is 5.57. The van der Waals surface area contributed by atoms with Crippen LogP contribution in [-0.4, -0.2) is 29.7 Å². The smallest absolute Gasteiger partial charge is 0.305 e. The molecule has 0 spiro atoms. The van der Waals surface area contributed by atoms with Gasteiger partial charge < -0.3 is 4.98 Å². The van der Waals surface area contributed by atoms with E-state index in [2.05, 4.69) is 14.8 Å². The van der Waals surface area contributed by atoms with Gasteiger partial charge in [0.2, 0.25) is 0 Å². The van der Waals surface area contributed by atoms with Gasteiger partial charge >= 0.3 is 4.87 Å². The third-order valence-corrected chi connectivity index (χ3v) is 5.49. The second-order valence-corrected chi connectivity index (χ2v) is 7.05. The van der Waals surface area contributed by atoms with Gasteiger partial charge in [-0.1, -0.05) is 11.3 Å². The minimum Gasteiger partial charge on any atom is -0.315 e. The van der Waals surface area contributed by atoms with E-state index in [9.17, 15) is 13.2 Å². The molecule has 0 unspecified atom stereocenters. The molecule has 2 N–H and O–H groups in total. The Morgan fingerprint density at radius 3 is 2.74 bits per heavy atom. The second kappa shape index (κ2) is 5.27. The fourth-order valence-corrected chi connectivity index (χ4v) is 3.96. The van der Waals surface area contributed by atoms with Crippen molar-refractivity contribution in [2.24, 2.45) is 0 Å². The molecule has 9 heteroatoms. The first-order chi connectivity index (χ1) is 8.88. The maximum absolute atomic E-state index is 12.0. The highest BCUT2D eigenvalue weighted by Gasteiger charge is 2.19. The highest BCUT2D eigenvalue weighted by Crippen LogP contribution is 2.14. The number of aromatic nitrogens is 3. The van der Waals surface area contributed by atoms with Gasteiger partial charge in [-0.3, -0.25) is 9.48 Å². The molecule has 19 heavy (non-hydrogen) atoms. The standard InChI is InChI=1S/C10H14N4O3S2/c1-7-5-11-14(6-7)4-3-12-19(16,17)9-8(2)13-10(15)18-9/h5-6,12H,3-4H2,1-2H3,(H,13,15). The van der Waals surface area contributed by atoms with Crippen LogP contribution >= 0.6 is 11.3 Å². The van der Waals surface area contributed by atoms with Crippen LogP contribution < -0.4 is 9.60 Å². The van der Waals surface area contributed by atoms with Gasteiger partial charge in [0.15, 0.2) is 4.21 Å². The van der Waals surface area contributed by atoms with Crippen molar-refractivity contribution in [1.82, 2.24) is 19.5 Å². The largest absolute Gasteiger partial charge is 0.315 e. The summed E-state index contributed by atoms with van der Waals surface area (Å²) in [4.78, 5) is 13.2. The molecule has 2 heterocycles. The quantitative estimate of drug-likeness (QED) is 0.826. The van der Waals surface area contributed by atoms with Crippen molar-refractivity contribution in [3.8, 4) is 0 Å². The van der Waals surface area contributed by atoms with E-state index in [0.717, 1.165) is 5.56 Å². The summed E-state index contributed by atoms with van der Waals surface area (Å²) in [6.45, 7) is 4.12. The first-order valence-corrected chi connectivity index (χ1v) is 7.87. The molecule has 104 valence electrons. The van der Waals surface area contributed by atoms with Gasteiger partial charge in [-0.15, -0.1) is 0 Å². The number of thiazole rings is 1. The van der Waals surface area contributed by atoms with Gasteiger partial charge in [-0.25, -0.2) is 13.1 Å². The number of H-pyrrole nitrogens is 1. The molecule has 0 aromatic carbocycles. The van der Waals surface area contributed by atoms with Crippen LogP contribution in [-0.2, 0) is 16.6 Å². The van der Waals surface area contributed by atoms with E-state index in [1.54, 1.807) is 17.8 Å². The van der Waals surface area contributed by atoms with Crippen LogP contribution in [0.1, 0.15) is 11.3 Å². The number of aryl methyl sites for hydroxylation is 2. The summed E-state index contributed by atoms with van der Waals surface area (Å²) in [5, 5.41) is 4.06. The maximum Gasteiger partial charge on any atom is 0.305 e. The van der Waals surface area contributed by atoms with Gasteiger partial charge in [-0.2, -0.15) is 5.10 Å². The molecule has 2 rings (SSSR count). The average molecular weight is 302 g/mol. The lowest BCUT2D eigenvalue weighted by Gasteiger charge is -2.05. The highest BCUT2D eigenvalue weighted by atomic mass is 32.2. The minimum atomic E-state index is -3.64.